The van der Waals surface area contributed by atoms with Crippen LogP contribution in [0.2, 0.25) is 5.02 Å². The van der Waals surface area contributed by atoms with Gasteiger partial charge in [-0.2, -0.15) is 4.98 Å². The zero-order chi connectivity index (χ0) is 18.3. The molecule has 3 heterocycles. The molecule has 0 spiro atoms. The van der Waals surface area contributed by atoms with Crippen LogP contribution in [0.3, 0.4) is 0 Å². The fourth-order valence-corrected chi connectivity index (χ4v) is 3.35. The lowest BCUT2D eigenvalue weighted by Gasteiger charge is -2.29. The van der Waals surface area contributed by atoms with E-state index in [4.69, 9.17) is 16.1 Å². The number of anilines is 1. The molecule has 1 aliphatic rings. The fourth-order valence-electron chi connectivity index (χ4n) is 3.13. The van der Waals surface area contributed by atoms with Crippen LogP contribution in [-0.4, -0.2) is 46.3 Å². The molecular formula is C17H19ClN6O2. The number of urea groups is 1. The van der Waals surface area contributed by atoms with E-state index in [0.29, 0.717) is 24.9 Å². The monoisotopic (exact) mass is 374 g/mol. The minimum atomic E-state index is -0.155. The lowest BCUT2D eigenvalue weighted by molar-refractivity contribution is 0.182. The van der Waals surface area contributed by atoms with Crippen molar-refractivity contribution in [2.24, 2.45) is 0 Å². The van der Waals surface area contributed by atoms with E-state index in [1.165, 1.54) is 0 Å². The summed E-state index contributed by atoms with van der Waals surface area (Å²) in [7, 11) is 3.65. The molecule has 0 radical (unpaired) electrons. The zero-order valence-corrected chi connectivity index (χ0v) is 15.3. The summed E-state index contributed by atoms with van der Waals surface area (Å²) in [6.07, 6.45) is 0. The molecule has 136 valence electrons. The van der Waals surface area contributed by atoms with Crippen molar-refractivity contribution in [1.82, 2.24) is 24.9 Å². The predicted octanol–water partition coefficient (Wildman–Crippen LogP) is 2.47. The van der Waals surface area contributed by atoms with Crippen molar-refractivity contribution < 1.29 is 9.32 Å². The first-order valence-electron chi connectivity index (χ1n) is 8.32. The smallest absolute Gasteiger partial charge is 0.318 e. The highest BCUT2D eigenvalue weighted by Crippen LogP contribution is 2.29. The molecule has 1 N–H and O–H groups in total. The number of rotatable bonds is 3. The molecule has 4 rings (SSSR count). The molecule has 1 aromatic carbocycles. The number of nitrogens with one attached hydrogen (secondary N) is 1. The van der Waals surface area contributed by atoms with Gasteiger partial charge in [-0.1, -0.05) is 17.7 Å². The average Bonchev–Trinajstić information content (AvgIpc) is 3.24. The van der Waals surface area contributed by atoms with Gasteiger partial charge < -0.3 is 24.2 Å². The quantitative estimate of drug-likeness (QED) is 0.761. The van der Waals surface area contributed by atoms with Gasteiger partial charge in [-0.15, -0.1) is 0 Å². The first-order valence-corrected chi connectivity index (χ1v) is 8.70. The van der Waals surface area contributed by atoms with Gasteiger partial charge in [-0.05, 0) is 23.4 Å². The highest BCUT2D eigenvalue weighted by molar-refractivity contribution is 6.35. The number of amides is 2. The van der Waals surface area contributed by atoms with E-state index in [1.54, 1.807) is 9.80 Å². The van der Waals surface area contributed by atoms with E-state index in [2.05, 4.69) is 32.2 Å². The summed E-state index contributed by atoms with van der Waals surface area (Å²) in [5.74, 6) is 0.855. The number of carbonyl (C=O) groups excluding carboxylic acids is 1. The number of benzene rings is 1. The summed E-state index contributed by atoms with van der Waals surface area (Å²) in [5, 5.41) is 8.41. The van der Waals surface area contributed by atoms with Gasteiger partial charge in [0.15, 0.2) is 0 Å². The lowest BCUT2D eigenvalue weighted by Crippen LogP contribution is -2.43. The van der Waals surface area contributed by atoms with Crippen LogP contribution in [0.4, 0.5) is 10.7 Å². The maximum absolute atomic E-state index is 12.5. The van der Waals surface area contributed by atoms with Crippen molar-refractivity contribution in [3.05, 3.63) is 40.9 Å². The molecule has 2 amide bonds. The third-order valence-electron chi connectivity index (χ3n) is 4.46. The molecule has 0 saturated heterocycles. The zero-order valence-electron chi connectivity index (χ0n) is 14.6. The van der Waals surface area contributed by atoms with Gasteiger partial charge in [-0.25, -0.2) is 4.79 Å². The average molecular weight is 375 g/mol. The summed E-state index contributed by atoms with van der Waals surface area (Å²) >= 11 is 6.28. The van der Waals surface area contributed by atoms with Crippen molar-refractivity contribution >= 4 is 34.5 Å². The molecule has 26 heavy (non-hydrogen) atoms. The van der Waals surface area contributed by atoms with Crippen LogP contribution < -0.4 is 10.2 Å². The Morgan fingerprint density at radius 2 is 2.23 bits per heavy atom. The van der Waals surface area contributed by atoms with Crippen molar-refractivity contribution in [3.8, 4) is 0 Å². The Hall–Kier alpha value is -2.74. The van der Waals surface area contributed by atoms with E-state index in [0.717, 1.165) is 28.2 Å². The van der Waals surface area contributed by atoms with Crippen LogP contribution in [0.1, 0.15) is 11.6 Å². The van der Waals surface area contributed by atoms with Crippen LogP contribution in [0, 0.1) is 0 Å². The van der Waals surface area contributed by atoms with Gasteiger partial charge in [0, 0.05) is 48.8 Å². The van der Waals surface area contributed by atoms with Gasteiger partial charge in [0.1, 0.15) is 0 Å². The Morgan fingerprint density at radius 3 is 3.00 bits per heavy atom. The Kier molecular flexibility index (Phi) is 4.20. The summed E-state index contributed by atoms with van der Waals surface area (Å²) < 4.78 is 7.33. The van der Waals surface area contributed by atoms with Crippen molar-refractivity contribution in [2.45, 2.75) is 19.6 Å². The van der Waals surface area contributed by atoms with E-state index < -0.39 is 0 Å². The second-order valence-electron chi connectivity index (χ2n) is 6.42. The van der Waals surface area contributed by atoms with E-state index >= 15 is 0 Å². The Labute approximate surface area is 155 Å². The number of carbonyl (C=O) groups is 1. The second kappa shape index (κ2) is 6.53. The summed E-state index contributed by atoms with van der Waals surface area (Å²) in [6, 6.07) is 7.78. The highest BCUT2D eigenvalue weighted by Gasteiger charge is 2.23. The topological polar surface area (TPSA) is 79.4 Å². The largest absolute Gasteiger partial charge is 0.344 e. The molecule has 2 aromatic heterocycles. The fraction of sp³-hybridized carbons (Fsp3) is 0.353. The minimum absolute atomic E-state index is 0.155. The van der Waals surface area contributed by atoms with E-state index in [-0.39, 0.29) is 12.6 Å². The summed E-state index contributed by atoms with van der Waals surface area (Å²) in [5.41, 5.74) is 2.18. The van der Waals surface area contributed by atoms with Crippen molar-refractivity contribution in [3.63, 3.8) is 0 Å². The minimum Gasteiger partial charge on any atom is -0.344 e. The van der Waals surface area contributed by atoms with Crippen LogP contribution >= 0.6 is 11.6 Å². The third kappa shape index (κ3) is 2.96. The number of hydrogen-bond acceptors (Lipinski definition) is 5. The number of hydrogen-bond donors (Lipinski definition) is 1. The van der Waals surface area contributed by atoms with Crippen LogP contribution in [-0.2, 0) is 19.6 Å². The molecule has 0 atom stereocenters. The number of halogens is 1. The molecule has 3 aromatic rings. The molecule has 0 bridgehead atoms. The van der Waals surface area contributed by atoms with Gasteiger partial charge in [-0.3, -0.25) is 0 Å². The van der Waals surface area contributed by atoms with Crippen LogP contribution in [0.5, 0.6) is 0 Å². The van der Waals surface area contributed by atoms with E-state index in [9.17, 15) is 4.79 Å². The molecule has 1 aliphatic heterocycles. The van der Waals surface area contributed by atoms with Gasteiger partial charge >= 0.3 is 6.03 Å². The molecule has 0 saturated carbocycles. The van der Waals surface area contributed by atoms with Crippen LogP contribution in [0.15, 0.2) is 28.8 Å². The third-order valence-corrected chi connectivity index (χ3v) is 4.79. The molecule has 0 fully saturated rings. The van der Waals surface area contributed by atoms with Gasteiger partial charge in [0.2, 0.25) is 5.89 Å². The summed E-state index contributed by atoms with van der Waals surface area (Å²) in [4.78, 5) is 20.2. The highest BCUT2D eigenvalue weighted by atomic mass is 35.5. The van der Waals surface area contributed by atoms with Gasteiger partial charge in [0.25, 0.3) is 5.95 Å². The first kappa shape index (κ1) is 16.7. The molecule has 0 unspecified atom stereocenters. The molecular weight excluding hydrogens is 356 g/mol. The standard InChI is InChI=1S/C17H19ClN6O2/c1-22(2)16-20-15(26-21-16)9-19-17(25)23-6-7-24-11(10-23)8-12-13(18)4-3-5-14(12)24/h3-5,8H,6-7,9-10H2,1-2H3,(H,19,25). The molecule has 9 heteroatoms. The Bertz CT molecular complexity index is 963. The summed E-state index contributed by atoms with van der Waals surface area (Å²) in [6.45, 7) is 2.09. The van der Waals surface area contributed by atoms with Crippen molar-refractivity contribution in [1.29, 1.82) is 0 Å². The number of fused-ring (bicyclic) bond motifs is 3. The maximum atomic E-state index is 12.5. The van der Waals surface area contributed by atoms with Crippen molar-refractivity contribution in [2.75, 3.05) is 25.5 Å². The Balaban J connectivity index is 1.44. The number of nitrogens with zero attached hydrogens (tertiary/aromatic N) is 5. The maximum Gasteiger partial charge on any atom is 0.318 e. The SMILES string of the molecule is CN(C)c1noc(CNC(=O)N2CCn3c(cc4c(Cl)cccc43)C2)n1. The van der Waals surface area contributed by atoms with Gasteiger partial charge in [0.05, 0.1) is 13.1 Å². The lowest BCUT2D eigenvalue weighted by atomic mass is 10.2. The number of aromatic nitrogens is 3. The van der Waals surface area contributed by atoms with Crippen LogP contribution in [0.25, 0.3) is 10.9 Å². The normalized spacial score (nSPS) is 13.7. The molecule has 0 aliphatic carbocycles. The Morgan fingerprint density at radius 1 is 1.38 bits per heavy atom. The predicted molar refractivity (Wildman–Crippen MR) is 98.2 cm³/mol. The van der Waals surface area contributed by atoms with E-state index in [1.807, 2.05) is 26.2 Å². The second-order valence-corrected chi connectivity index (χ2v) is 6.83. The molecule has 8 nitrogen and oxygen atoms in total. The first-order chi connectivity index (χ1) is 12.5.